The lowest BCUT2D eigenvalue weighted by molar-refractivity contribution is -0.130. The molecule has 52 heavy (non-hydrogen) atoms. The highest BCUT2D eigenvalue weighted by molar-refractivity contribution is 5.98. The van der Waals surface area contributed by atoms with E-state index in [0.717, 1.165) is 73.0 Å². The number of Topliss-reactive ketones (excluding diaryl/α,β-unsaturated/α-hetero) is 1. The molecule has 3 amide bonds. The van der Waals surface area contributed by atoms with Crippen LogP contribution in [0.5, 0.6) is 0 Å². The topological polar surface area (TPSA) is 198 Å². The molecule has 1 saturated heterocycles. The molecule has 0 bridgehead atoms. The van der Waals surface area contributed by atoms with Crippen molar-refractivity contribution in [3.63, 3.8) is 0 Å². The summed E-state index contributed by atoms with van der Waals surface area (Å²) in [4.78, 5) is 56.7. The molecule has 0 spiro atoms. The molecule has 2 unspecified atom stereocenters. The summed E-state index contributed by atoms with van der Waals surface area (Å²) in [6.07, 6.45) is 7.20. The van der Waals surface area contributed by atoms with Crippen molar-refractivity contribution in [3.05, 3.63) is 77.6 Å². The summed E-state index contributed by atoms with van der Waals surface area (Å²) >= 11 is 0. The maximum atomic E-state index is 13.7. The maximum Gasteiger partial charge on any atom is 0.247 e. The van der Waals surface area contributed by atoms with Gasteiger partial charge in [0.25, 0.3) is 0 Å². The number of aryl methyl sites for hydroxylation is 1. The zero-order valence-electron chi connectivity index (χ0n) is 29.6. The first-order chi connectivity index (χ1) is 25.3. The number of ketones is 1. The lowest BCUT2D eigenvalue weighted by atomic mass is 9.81. The molecule has 13 nitrogen and oxygen atoms in total. The number of amides is 3. The molecule has 2 atom stereocenters. The number of H-pyrrole nitrogens is 1. The summed E-state index contributed by atoms with van der Waals surface area (Å²) in [6.45, 7) is 3.25. The second-order valence-corrected chi connectivity index (χ2v) is 14.0. The van der Waals surface area contributed by atoms with Gasteiger partial charge in [0.2, 0.25) is 23.5 Å². The van der Waals surface area contributed by atoms with Gasteiger partial charge in [0, 0.05) is 53.7 Å². The SMILES string of the molecule is Cc1nc(C(=O)CCCC2CCCNC2=O)ccc1-c1ccc(CC(NC(=O)C2CCC(CN)CC2)C(=O)Nc2ccc(-c3nn[nH]n3)cc2)cc1. The molecule has 0 radical (unpaired) electrons. The molecule has 6 N–H and O–H groups in total. The Morgan fingerprint density at radius 1 is 0.942 bits per heavy atom. The molecule has 4 aromatic rings. The normalized spacial score (nSPS) is 19.3. The fraction of sp³-hybridized carbons (Fsp3) is 0.436. The number of aromatic nitrogens is 5. The fourth-order valence-electron chi connectivity index (χ4n) is 7.20. The van der Waals surface area contributed by atoms with Gasteiger partial charge in [-0.2, -0.15) is 5.21 Å². The number of carbonyl (C=O) groups excluding carboxylic acids is 4. The molecule has 6 rings (SSSR count). The number of nitrogens with one attached hydrogen (secondary N) is 4. The van der Waals surface area contributed by atoms with Crippen LogP contribution in [-0.4, -0.2) is 68.2 Å². The number of rotatable bonds is 14. The first-order valence-electron chi connectivity index (χ1n) is 18.3. The van der Waals surface area contributed by atoms with E-state index < -0.39 is 6.04 Å². The van der Waals surface area contributed by atoms with Gasteiger partial charge >= 0.3 is 0 Å². The van der Waals surface area contributed by atoms with E-state index in [4.69, 9.17) is 5.73 Å². The van der Waals surface area contributed by atoms with Crippen LogP contribution >= 0.6 is 0 Å². The van der Waals surface area contributed by atoms with E-state index in [9.17, 15) is 19.2 Å². The molecular weight excluding hydrogens is 658 g/mol. The van der Waals surface area contributed by atoms with Crippen LogP contribution in [0.3, 0.4) is 0 Å². The number of hydrogen-bond donors (Lipinski definition) is 5. The monoisotopic (exact) mass is 705 g/mol. The first kappa shape index (κ1) is 36.5. The van der Waals surface area contributed by atoms with Gasteiger partial charge in [0.05, 0.1) is 0 Å². The molecule has 2 aromatic carbocycles. The van der Waals surface area contributed by atoms with Crippen molar-refractivity contribution < 1.29 is 19.2 Å². The maximum absolute atomic E-state index is 13.7. The van der Waals surface area contributed by atoms with Gasteiger partial charge in [-0.1, -0.05) is 30.3 Å². The molecule has 1 aliphatic heterocycles. The quantitative estimate of drug-likeness (QED) is 0.117. The van der Waals surface area contributed by atoms with E-state index in [-0.39, 0.29) is 35.3 Å². The predicted octanol–water partition coefficient (Wildman–Crippen LogP) is 4.55. The Labute approximate surface area is 303 Å². The van der Waals surface area contributed by atoms with Crippen molar-refractivity contribution >= 4 is 29.2 Å². The summed E-state index contributed by atoms with van der Waals surface area (Å²) < 4.78 is 0. The minimum Gasteiger partial charge on any atom is -0.356 e. The molecule has 1 aliphatic carbocycles. The van der Waals surface area contributed by atoms with Crippen molar-refractivity contribution in [2.75, 3.05) is 18.4 Å². The number of pyridine rings is 1. The Bertz CT molecular complexity index is 1840. The minimum atomic E-state index is -0.802. The number of hydrogen-bond acceptors (Lipinski definition) is 9. The summed E-state index contributed by atoms with van der Waals surface area (Å²) in [5.74, 6) is 0.362. The van der Waals surface area contributed by atoms with Crippen LogP contribution in [0.1, 0.15) is 79.5 Å². The van der Waals surface area contributed by atoms with Gasteiger partial charge in [0.1, 0.15) is 11.7 Å². The Hall–Kier alpha value is -5.30. The Balaban J connectivity index is 1.10. The predicted molar refractivity (Wildman–Crippen MR) is 197 cm³/mol. The van der Waals surface area contributed by atoms with Crippen LogP contribution in [0, 0.1) is 24.7 Å². The molecule has 3 heterocycles. The second-order valence-electron chi connectivity index (χ2n) is 14.0. The lowest BCUT2D eigenvalue weighted by Gasteiger charge is -2.28. The highest BCUT2D eigenvalue weighted by Crippen LogP contribution is 2.29. The van der Waals surface area contributed by atoms with Crippen LogP contribution in [0.4, 0.5) is 5.69 Å². The lowest BCUT2D eigenvalue weighted by Crippen LogP contribution is -2.48. The number of anilines is 1. The summed E-state index contributed by atoms with van der Waals surface area (Å²) in [6, 6.07) is 17.8. The van der Waals surface area contributed by atoms with Crippen molar-refractivity contribution in [2.45, 2.75) is 77.2 Å². The second kappa shape index (κ2) is 17.3. The van der Waals surface area contributed by atoms with E-state index in [1.165, 1.54) is 0 Å². The standard InChI is InChI=1S/C39H47N9O4/c1-24-32(19-20-33(42-24)35(49)6-2-4-29-5-3-21-41-37(29)50)27-11-7-25(8-12-27)22-34(44-38(51)30-13-9-26(23-40)10-14-30)39(52)43-31-17-15-28(16-18-31)36-45-47-48-46-36/h7-8,11-12,15-20,26,29-30,34H,2-6,9-10,13-14,21-23,40H2,1H3,(H,41,50)(H,43,52)(H,44,51)(H,45,46,47,48). The largest absolute Gasteiger partial charge is 0.356 e. The Morgan fingerprint density at radius 3 is 2.37 bits per heavy atom. The molecule has 2 aliphatic rings. The van der Waals surface area contributed by atoms with Gasteiger partial charge in [-0.05, 0) is 117 Å². The van der Waals surface area contributed by atoms with Gasteiger partial charge < -0.3 is 21.7 Å². The highest BCUT2D eigenvalue weighted by Gasteiger charge is 2.29. The third-order valence-electron chi connectivity index (χ3n) is 10.4. The van der Waals surface area contributed by atoms with Crippen molar-refractivity contribution in [3.8, 4) is 22.5 Å². The number of nitrogens with zero attached hydrogens (tertiary/aromatic N) is 4. The molecule has 2 aromatic heterocycles. The van der Waals surface area contributed by atoms with E-state index in [0.29, 0.717) is 55.4 Å². The number of piperidine rings is 1. The zero-order chi connectivity index (χ0) is 36.5. The number of tetrazole rings is 1. The number of benzene rings is 2. The van der Waals surface area contributed by atoms with E-state index in [1.54, 1.807) is 30.3 Å². The summed E-state index contributed by atoms with van der Waals surface area (Å²) in [5, 5.41) is 22.9. The van der Waals surface area contributed by atoms with Crippen LogP contribution < -0.4 is 21.7 Å². The molecule has 2 fully saturated rings. The smallest absolute Gasteiger partial charge is 0.247 e. The van der Waals surface area contributed by atoms with Gasteiger partial charge in [-0.15, -0.1) is 10.2 Å². The first-order valence-corrected chi connectivity index (χ1v) is 18.3. The molecular formula is C39H47N9O4. The third kappa shape index (κ3) is 9.32. The van der Waals surface area contributed by atoms with Crippen molar-refractivity contribution in [1.29, 1.82) is 0 Å². The van der Waals surface area contributed by atoms with Gasteiger partial charge in [-0.3, -0.25) is 19.2 Å². The average molecular weight is 706 g/mol. The molecule has 13 heteroatoms. The van der Waals surface area contributed by atoms with Crippen LogP contribution in [-0.2, 0) is 20.8 Å². The average Bonchev–Trinajstić information content (AvgIpc) is 3.71. The van der Waals surface area contributed by atoms with E-state index >= 15 is 0 Å². The van der Waals surface area contributed by atoms with Crippen LogP contribution in [0.15, 0.2) is 60.7 Å². The Kier molecular flexibility index (Phi) is 12.1. The zero-order valence-corrected chi connectivity index (χ0v) is 29.6. The van der Waals surface area contributed by atoms with Crippen molar-refractivity contribution in [2.24, 2.45) is 23.5 Å². The van der Waals surface area contributed by atoms with E-state index in [1.807, 2.05) is 37.3 Å². The van der Waals surface area contributed by atoms with Crippen LogP contribution in [0.25, 0.3) is 22.5 Å². The van der Waals surface area contributed by atoms with Gasteiger partial charge in [0.15, 0.2) is 5.78 Å². The summed E-state index contributed by atoms with van der Waals surface area (Å²) in [7, 11) is 0. The number of aromatic amines is 1. The van der Waals surface area contributed by atoms with Gasteiger partial charge in [-0.25, -0.2) is 4.98 Å². The number of nitrogens with two attached hydrogens (primary N) is 1. The van der Waals surface area contributed by atoms with Crippen molar-refractivity contribution in [1.82, 2.24) is 36.2 Å². The Morgan fingerprint density at radius 2 is 1.69 bits per heavy atom. The fourth-order valence-corrected chi connectivity index (χ4v) is 7.20. The third-order valence-corrected chi connectivity index (χ3v) is 10.4. The van der Waals surface area contributed by atoms with Crippen LogP contribution in [0.2, 0.25) is 0 Å². The molecule has 1 saturated carbocycles. The summed E-state index contributed by atoms with van der Waals surface area (Å²) in [5.41, 5.74) is 11.1. The minimum absolute atomic E-state index is 0.00850. The highest BCUT2D eigenvalue weighted by atomic mass is 16.2. The number of carbonyl (C=O) groups is 4. The van der Waals surface area contributed by atoms with E-state index in [2.05, 4.69) is 41.6 Å². The molecule has 272 valence electrons.